The van der Waals surface area contributed by atoms with Crippen LogP contribution in [0.3, 0.4) is 0 Å². The van der Waals surface area contributed by atoms with Crippen LogP contribution in [0.25, 0.3) is 10.8 Å². The van der Waals surface area contributed by atoms with Gasteiger partial charge in [0.1, 0.15) is 0 Å². The Bertz CT molecular complexity index is 1170. The van der Waals surface area contributed by atoms with E-state index < -0.39 is 0 Å². The second-order valence-electron chi connectivity index (χ2n) is 6.44. The van der Waals surface area contributed by atoms with Crippen LogP contribution in [0.5, 0.6) is 0 Å². The third-order valence-electron chi connectivity index (χ3n) is 4.27. The van der Waals surface area contributed by atoms with Gasteiger partial charge in [-0.25, -0.2) is 0 Å². The summed E-state index contributed by atoms with van der Waals surface area (Å²) in [6.45, 7) is 0. The molecule has 6 nitrogen and oxygen atoms in total. The minimum absolute atomic E-state index is 0.122. The maximum atomic E-state index is 12.5. The SMILES string of the molecule is O=C(CSc1nnc(NC(=O)Cc2cccc3ccccc23)s1)Nc1ccccc1. The van der Waals surface area contributed by atoms with Crippen LogP contribution >= 0.6 is 23.1 Å². The van der Waals surface area contributed by atoms with Gasteiger partial charge in [0, 0.05) is 5.69 Å². The molecule has 2 N–H and O–H groups in total. The van der Waals surface area contributed by atoms with E-state index in [1.165, 1.54) is 23.1 Å². The van der Waals surface area contributed by atoms with Gasteiger partial charge in [0.05, 0.1) is 12.2 Å². The number of amides is 2. The van der Waals surface area contributed by atoms with Crippen LogP contribution in [0, 0.1) is 0 Å². The summed E-state index contributed by atoms with van der Waals surface area (Å²) in [6.07, 6.45) is 0.253. The summed E-state index contributed by atoms with van der Waals surface area (Å²) in [5, 5.41) is 16.3. The molecule has 1 heterocycles. The van der Waals surface area contributed by atoms with Crippen molar-refractivity contribution in [3.63, 3.8) is 0 Å². The highest BCUT2D eigenvalue weighted by molar-refractivity contribution is 8.01. The van der Waals surface area contributed by atoms with Crippen molar-refractivity contribution in [2.75, 3.05) is 16.4 Å². The first kappa shape index (κ1) is 20.1. The minimum atomic E-state index is -0.152. The van der Waals surface area contributed by atoms with Crippen molar-refractivity contribution in [3.05, 3.63) is 78.4 Å². The Morgan fingerprint density at radius 1 is 0.833 bits per heavy atom. The van der Waals surface area contributed by atoms with E-state index in [0.29, 0.717) is 9.47 Å². The van der Waals surface area contributed by atoms with Gasteiger partial charge < -0.3 is 10.6 Å². The zero-order valence-electron chi connectivity index (χ0n) is 15.9. The van der Waals surface area contributed by atoms with E-state index in [-0.39, 0.29) is 24.0 Å². The molecule has 150 valence electrons. The molecule has 0 spiro atoms. The van der Waals surface area contributed by atoms with Gasteiger partial charge in [0.25, 0.3) is 0 Å². The molecule has 8 heteroatoms. The van der Waals surface area contributed by atoms with Crippen LogP contribution in [0.15, 0.2) is 77.1 Å². The molecule has 3 aromatic carbocycles. The van der Waals surface area contributed by atoms with Gasteiger partial charge in [-0.15, -0.1) is 10.2 Å². The molecule has 0 fully saturated rings. The van der Waals surface area contributed by atoms with Crippen molar-refractivity contribution < 1.29 is 9.59 Å². The number of hydrogen-bond acceptors (Lipinski definition) is 6. The molecule has 1 aromatic heterocycles. The average molecular weight is 435 g/mol. The van der Waals surface area contributed by atoms with Crippen LogP contribution in [0.1, 0.15) is 5.56 Å². The van der Waals surface area contributed by atoms with Crippen molar-refractivity contribution in [1.82, 2.24) is 10.2 Å². The summed E-state index contributed by atoms with van der Waals surface area (Å²) in [6, 6.07) is 23.2. The molecule has 0 aliphatic carbocycles. The second-order valence-corrected chi connectivity index (χ2v) is 8.64. The topological polar surface area (TPSA) is 84.0 Å². The Labute approximate surface area is 181 Å². The minimum Gasteiger partial charge on any atom is -0.325 e. The summed E-state index contributed by atoms with van der Waals surface area (Å²) in [5.74, 6) is -0.0585. The number of carbonyl (C=O) groups is 2. The molecule has 4 aromatic rings. The normalized spacial score (nSPS) is 10.7. The quantitative estimate of drug-likeness (QED) is 0.328. The molecule has 0 radical (unpaired) electrons. The molecule has 2 amide bonds. The highest BCUT2D eigenvalue weighted by Gasteiger charge is 2.12. The van der Waals surface area contributed by atoms with E-state index in [1.807, 2.05) is 72.8 Å². The summed E-state index contributed by atoms with van der Waals surface area (Å²) in [7, 11) is 0. The van der Waals surface area contributed by atoms with E-state index in [0.717, 1.165) is 22.0 Å². The van der Waals surface area contributed by atoms with E-state index in [1.54, 1.807) is 0 Å². The van der Waals surface area contributed by atoms with Gasteiger partial charge in [-0.3, -0.25) is 9.59 Å². The van der Waals surface area contributed by atoms with Crippen LogP contribution in [-0.4, -0.2) is 27.8 Å². The first-order chi connectivity index (χ1) is 14.7. The highest BCUT2D eigenvalue weighted by Crippen LogP contribution is 2.26. The number of rotatable bonds is 7. The number of fused-ring (bicyclic) bond motifs is 1. The van der Waals surface area contributed by atoms with Gasteiger partial charge in [-0.1, -0.05) is 83.8 Å². The lowest BCUT2D eigenvalue weighted by Crippen LogP contribution is -2.14. The molecule has 30 heavy (non-hydrogen) atoms. The molecule has 0 aliphatic heterocycles. The summed E-state index contributed by atoms with van der Waals surface area (Å²) in [4.78, 5) is 24.5. The molecule has 0 atom stereocenters. The number of aromatic nitrogens is 2. The molecule has 0 saturated carbocycles. The summed E-state index contributed by atoms with van der Waals surface area (Å²) < 4.78 is 0.624. The maximum Gasteiger partial charge on any atom is 0.234 e. The number of nitrogens with zero attached hydrogens (tertiary/aromatic N) is 2. The fourth-order valence-corrected chi connectivity index (χ4v) is 4.52. The molecule has 0 aliphatic rings. The third kappa shape index (κ3) is 5.22. The van der Waals surface area contributed by atoms with Crippen molar-refractivity contribution in [1.29, 1.82) is 0 Å². The Hall–Kier alpha value is -3.23. The monoisotopic (exact) mass is 434 g/mol. The smallest absolute Gasteiger partial charge is 0.234 e. The fraction of sp³-hybridized carbons (Fsp3) is 0.0909. The average Bonchev–Trinajstić information content (AvgIpc) is 3.20. The molecule has 0 saturated heterocycles. The Morgan fingerprint density at radius 2 is 1.60 bits per heavy atom. The second kappa shape index (κ2) is 9.51. The standard InChI is InChI=1S/C22H18N4O2S2/c27-19(13-16-9-6-8-15-7-4-5-12-18(15)16)24-21-25-26-22(30-21)29-14-20(28)23-17-10-2-1-3-11-17/h1-12H,13-14H2,(H,23,28)(H,24,25,27). The number of anilines is 2. The fourth-order valence-electron chi connectivity index (χ4n) is 2.95. The summed E-state index contributed by atoms with van der Waals surface area (Å²) >= 11 is 2.54. The predicted octanol–water partition coefficient (Wildman–Crippen LogP) is 4.60. The zero-order valence-corrected chi connectivity index (χ0v) is 17.5. The number of nitrogens with one attached hydrogen (secondary N) is 2. The summed E-state index contributed by atoms with van der Waals surface area (Å²) in [5.41, 5.74) is 1.71. The Kier molecular flexibility index (Phi) is 6.36. The first-order valence-electron chi connectivity index (χ1n) is 9.25. The van der Waals surface area contributed by atoms with Gasteiger partial charge in [-0.2, -0.15) is 0 Å². The Morgan fingerprint density at radius 3 is 2.47 bits per heavy atom. The van der Waals surface area contributed by atoms with Crippen molar-refractivity contribution in [2.45, 2.75) is 10.8 Å². The predicted molar refractivity (Wildman–Crippen MR) is 122 cm³/mol. The van der Waals surface area contributed by atoms with Crippen LogP contribution in [0.4, 0.5) is 10.8 Å². The van der Waals surface area contributed by atoms with Crippen LogP contribution in [-0.2, 0) is 16.0 Å². The van der Waals surface area contributed by atoms with E-state index >= 15 is 0 Å². The lowest BCUT2D eigenvalue weighted by atomic mass is 10.0. The van der Waals surface area contributed by atoms with Gasteiger partial charge in [0.15, 0.2) is 4.34 Å². The van der Waals surface area contributed by atoms with Crippen molar-refractivity contribution in [2.24, 2.45) is 0 Å². The Balaban J connectivity index is 1.30. The molecule has 4 rings (SSSR count). The lowest BCUT2D eigenvalue weighted by Gasteiger charge is -2.06. The number of benzene rings is 3. The van der Waals surface area contributed by atoms with Crippen LogP contribution < -0.4 is 10.6 Å². The van der Waals surface area contributed by atoms with Gasteiger partial charge in [-0.05, 0) is 28.5 Å². The van der Waals surface area contributed by atoms with Crippen molar-refractivity contribution >= 4 is 56.5 Å². The lowest BCUT2D eigenvalue weighted by molar-refractivity contribution is -0.115. The number of hydrogen-bond donors (Lipinski definition) is 2. The maximum absolute atomic E-state index is 12.5. The number of carbonyl (C=O) groups excluding carboxylic acids is 2. The third-order valence-corrected chi connectivity index (χ3v) is 6.24. The van der Waals surface area contributed by atoms with Crippen molar-refractivity contribution in [3.8, 4) is 0 Å². The van der Waals surface area contributed by atoms with E-state index in [4.69, 9.17) is 0 Å². The van der Waals surface area contributed by atoms with Gasteiger partial charge in [0.2, 0.25) is 16.9 Å². The molecule has 0 unspecified atom stereocenters. The van der Waals surface area contributed by atoms with E-state index in [9.17, 15) is 9.59 Å². The number of para-hydroxylation sites is 1. The van der Waals surface area contributed by atoms with E-state index in [2.05, 4.69) is 20.8 Å². The molecular weight excluding hydrogens is 416 g/mol. The molecule has 0 bridgehead atoms. The molecular formula is C22H18N4O2S2. The first-order valence-corrected chi connectivity index (χ1v) is 11.1. The van der Waals surface area contributed by atoms with Gasteiger partial charge >= 0.3 is 0 Å². The van der Waals surface area contributed by atoms with Crippen LogP contribution in [0.2, 0.25) is 0 Å². The largest absolute Gasteiger partial charge is 0.325 e. The number of thioether (sulfide) groups is 1. The zero-order chi connectivity index (χ0) is 20.8. The highest BCUT2D eigenvalue weighted by atomic mass is 32.2.